The van der Waals surface area contributed by atoms with Crippen LogP contribution in [-0.4, -0.2) is 10.9 Å². The third kappa shape index (κ3) is 1.86. The van der Waals surface area contributed by atoms with E-state index in [0.717, 1.165) is 16.7 Å². The number of fused-ring (bicyclic) bond motifs is 1. The number of hydrogen-bond donors (Lipinski definition) is 1. The van der Waals surface area contributed by atoms with Crippen molar-refractivity contribution in [2.24, 2.45) is 0 Å². The molecule has 1 aliphatic heterocycles. The second kappa shape index (κ2) is 4.22. The zero-order chi connectivity index (χ0) is 12.5. The number of pyridine rings is 1. The van der Waals surface area contributed by atoms with E-state index in [2.05, 4.69) is 10.3 Å². The van der Waals surface area contributed by atoms with Crippen LogP contribution in [0.15, 0.2) is 42.7 Å². The summed E-state index contributed by atoms with van der Waals surface area (Å²) in [4.78, 5) is 15.7. The Bertz CT molecular complexity index is 598. The fourth-order valence-electron chi connectivity index (χ4n) is 2.28. The van der Waals surface area contributed by atoms with Crippen LogP contribution in [0.25, 0.3) is 0 Å². The van der Waals surface area contributed by atoms with Gasteiger partial charge in [0.25, 0.3) is 0 Å². The van der Waals surface area contributed by atoms with Gasteiger partial charge in [0.2, 0.25) is 5.91 Å². The molecule has 0 spiro atoms. The first-order chi connectivity index (χ1) is 8.74. The molecule has 3 nitrogen and oxygen atoms in total. The quantitative estimate of drug-likeness (QED) is 0.830. The summed E-state index contributed by atoms with van der Waals surface area (Å²) >= 11 is 0. The summed E-state index contributed by atoms with van der Waals surface area (Å²) in [6.07, 6.45) is 3.62. The molecule has 1 atom stereocenters. The summed E-state index contributed by atoms with van der Waals surface area (Å²) < 4.78 is 13.2. The molecule has 0 radical (unpaired) electrons. The molecule has 90 valence electrons. The average molecular weight is 242 g/mol. The molecule has 2 aromatic rings. The lowest BCUT2D eigenvalue weighted by Crippen LogP contribution is -2.35. The van der Waals surface area contributed by atoms with Gasteiger partial charge in [0.05, 0.1) is 12.5 Å². The molecule has 1 unspecified atom stereocenters. The minimum atomic E-state index is -0.312. The van der Waals surface area contributed by atoms with Crippen molar-refractivity contribution in [3.63, 3.8) is 0 Å². The van der Waals surface area contributed by atoms with Gasteiger partial charge in [0.15, 0.2) is 0 Å². The molecule has 1 aliphatic rings. The van der Waals surface area contributed by atoms with Crippen molar-refractivity contribution < 1.29 is 9.18 Å². The minimum absolute atomic E-state index is 0.0954. The van der Waals surface area contributed by atoms with Gasteiger partial charge in [-0.05, 0) is 34.9 Å². The smallest absolute Gasteiger partial charge is 0.225 e. The summed E-state index contributed by atoms with van der Waals surface area (Å²) in [5.74, 6) is -0.407. The number of carbonyl (C=O) groups excluding carboxylic acids is 1. The molecule has 1 aromatic carbocycles. The largest absolute Gasteiger partial charge is 0.345 e. The Hall–Kier alpha value is -2.23. The highest BCUT2D eigenvalue weighted by Gasteiger charge is 2.25. The summed E-state index contributed by atoms with van der Waals surface area (Å²) in [5, 5.41) is 2.91. The van der Waals surface area contributed by atoms with Crippen LogP contribution in [0.3, 0.4) is 0 Å². The topological polar surface area (TPSA) is 42.0 Å². The van der Waals surface area contributed by atoms with Crippen molar-refractivity contribution in [1.29, 1.82) is 0 Å². The normalized spacial score (nSPS) is 18.1. The van der Waals surface area contributed by atoms with Crippen molar-refractivity contribution >= 4 is 5.91 Å². The van der Waals surface area contributed by atoms with Crippen LogP contribution in [0.5, 0.6) is 0 Å². The fraction of sp³-hybridized carbons (Fsp3) is 0.143. The van der Waals surface area contributed by atoms with Crippen molar-refractivity contribution in [3.8, 4) is 0 Å². The second-order valence-electron chi connectivity index (χ2n) is 4.31. The Kier molecular flexibility index (Phi) is 2.55. The van der Waals surface area contributed by atoms with E-state index in [1.807, 2.05) is 12.1 Å². The van der Waals surface area contributed by atoms with Crippen LogP contribution in [0.2, 0.25) is 0 Å². The maximum absolute atomic E-state index is 13.2. The fourth-order valence-corrected chi connectivity index (χ4v) is 2.28. The number of benzene rings is 1. The average Bonchev–Trinajstić information content (AvgIpc) is 2.38. The van der Waals surface area contributed by atoms with Crippen molar-refractivity contribution in [3.05, 3.63) is 65.2 Å². The van der Waals surface area contributed by atoms with E-state index in [0.29, 0.717) is 0 Å². The van der Waals surface area contributed by atoms with Gasteiger partial charge >= 0.3 is 0 Å². The number of aromatic nitrogens is 1. The maximum atomic E-state index is 13.2. The van der Waals surface area contributed by atoms with E-state index in [1.54, 1.807) is 18.5 Å². The molecule has 1 amide bonds. The molecule has 0 bridgehead atoms. The summed E-state index contributed by atoms with van der Waals surface area (Å²) in [6, 6.07) is 8.05. The first-order valence-electron chi connectivity index (χ1n) is 5.71. The van der Waals surface area contributed by atoms with E-state index in [-0.39, 0.29) is 24.2 Å². The molecule has 2 heterocycles. The highest BCUT2D eigenvalue weighted by molar-refractivity contribution is 5.82. The van der Waals surface area contributed by atoms with Crippen LogP contribution in [0.1, 0.15) is 22.7 Å². The minimum Gasteiger partial charge on any atom is -0.345 e. The van der Waals surface area contributed by atoms with Crippen molar-refractivity contribution in [2.45, 2.75) is 12.5 Å². The van der Waals surface area contributed by atoms with Crippen LogP contribution in [-0.2, 0) is 11.2 Å². The van der Waals surface area contributed by atoms with Gasteiger partial charge in [-0.3, -0.25) is 9.78 Å². The molecule has 18 heavy (non-hydrogen) atoms. The number of nitrogens with zero attached hydrogens (tertiary/aromatic N) is 1. The SMILES string of the molecule is O=C1Cc2cc(F)ccc2C(c2cccnc2)N1. The Morgan fingerprint density at radius 1 is 1.33 bits per heavy atom. The van der Waals surface area contributed by atoms with E-state index >= 15 is 0 Å². The molecule has 4 heteroatoms. The monoisotopic (exact) mass is 242 g/mol. The highest BCUT2D eigenvalue weighted by Crippen LogP contribution is 2.28. The van der Waals surface area contributed by atoms with Crippen molar-refractivity contribution in [1.82, 2.24) is 10.3 Å². The van der Waals surface area contributed by atoms with E-state index in [4.69, 9.17) is 0 Å². The zero-order valence-corrected chi connectivity index (χ0v) is 9.56. The first-order valence-corrected chi connectivity index (χ1v) is 5.71. The molecule has 0 saturated heterocycles. The van der Waals surface area contributed by atoms with E-state index < -0.39 is 0 Å². The lowest BCUT2D eigenvalue weighted by molar-refractivity contribution is -0.121. The molecular weight excluding hydrogens is 231 g/mol. The number of nitrogens with one attached hydrogen (secondary N) is 1. The number of rotatable bonds is 1. The number of amides is 1. The van der Waals surface area contributed by atoms with Gasteiger partial charge < -0.3 is 5.32 Å². The van der Waals surface area contributed by atoms with Gasteiger partial charge in [-0.2, -0.15) is 0 Å². The predicted octanol–water partition coefficient (Wildman–Crippen LogP) is 1.98. The highest BCUT2D eigenvalue weighted by atomic mass is 19.1. The van der Waals surface area contributed by atoms with Gasteiger partial charge in [-0.1, -0.05) is 12.1 Å². The Morgan fingerprint density at radius 3 is 3.00 bits per heavy atom. The molecule has 1 aromatic heterocycles. The van der Waals surface area contributed by atoms with Crippen LogP contribution in [0, 0.1) is 5.82 Å². The Balaban J connectivity index is 2.10. The predicted molar refractivity (Wildman–Crippen MR) is 64.3 cm³/mol. The van der Waals surface area contributed by atoms with Crippen LogP contribution < -0.4 is 5.32 Å². The number of hydrogen-bond acceptors (Lipinski definition) is 2. The molecule has 0 aliphatic carbocycles. The van der Waals surface area contributed by atoms with Gasteiger partial charge in [-0.15, -0.1) is 0 Å². The van der Waals surface area contributed by atoms with Crippen LogP contribution in [0.4, 0.5) is 4.39 Å². The maximum Gasteiger partial charge on any atom is 0.225 e. The lowest BCUT2D eigenvalue weighted by Gasteiger charge is -2.26. The summed E-state index contributed by atoms with van der Waals surface area (Å²) in [5.41, 5.74) is 2.58. The summed E-state index contributed by atoms with van der Waals surface area (Å²) in [7, 11) is 0. The van der Waals surface area contributed by atoms with Gasteiger partial charge in [0.1, 0.15) is 5.82 Å². The first kappa shape index (κ1) is 10.9. The van der Waals surface area contributed by atoms with E-state index in [9.17, 15) is 9.18 Å². The second-order valence-corrected chi connectivity index (χ2v) is 4.31. The third-order valence-electron chi connectivity index (χ3n) is 3.09. The number of halogens is 1. The molecule has 3 rings (SSSR count). The summed E-state index contributed by atoms with van der Waals surface area (Å²) in [6.45, 7) is 0. The third-order valence-corrected chi connectivity index (χ3v) is 3.09. The van der Waals surface area contributed by atoms with Gasteiger partial charge in [0, 0.05) is 12.4 Å². The Labute approximate surface area is 104 Å². The zero-order valence-electron chi connectivity index (χ0n) is 9.56. The standard InChI is InChI=1S/C14H11FN2O/c15-11-3-4-12-10(6-11)7-13(18)17-14(12)9-2-1-5-16-8-9/h1-6,8,14H,7H2,(H,17,18). The van der Waals surface area contributed by atoms with Crippen molar-refractivity contribution in [2.75, 3.05) is 0 Å². The number of carbonyl (C=O) groups is 1. The molecular formula is C14H11FN2O. The molecule has 0 saturated carbocycles. The van der Waals surface area contributed by atoms with Crippen LogP contribution >= 0.6 is 0 Å². The Morgan fingerprint density at radius 2 is 2.22 bits per heavy atom. The van der Waals surface area contributed by atoms with Gasteiger partial charge in [-0.25, -0.2) is 4.39 Å². The molecule has 1 N–H and O–H groups in total. The molecule has 0 fully saturated rings. The van der Waals surface area contributed by atoms with E-state index in [1.165, 1.54) is 12.1 Å². The lowest BCUT2D eigenvalue weighted by atomic mass is 9.90.